The second kappa shape index (κ2) is 14.8. The van der Waals surface area contributed by atoms with Crippen LogP contribution in [0.5, 0.6) is 28.7 Å². The molecule has 0 aromatic heterocycles. The molecular weight excluding hydrogens is 627 g/mol. The molecule has 5 aromatic carbocycles. The Balaban J connectivity index is 1.16. The summed E-state index contributed by atoms with van der Waals surface area (Å²) >= 11 is 6.35. The van der Waals surface area contributed by atoms with Crippen molar-refractivity contribution in [1.82, 2.24) is 4.90 Å². The molecule has 0 unspecified atom stereocenters. The average molecular weight is 660 g/mol. The van der Waals surface area contributed by atoms with Crippen molar-refractivity contribution in [2.45, 2.75) is 25.1 Å². The van der Waals surface area contributed by atoms with Crippen LogP contribution >= 0.6 is 11.6 Å². The lowest BCUT2D eigenvalue weighted by molar-refractivity contribution is -0.137. The molecule has 0 atom stereocenters. The van der Waals surface area contributed by atoms with E-state index in [9.17, 15) is 13.2 Å². The molecule has 47 heavy (non-hydrogen) atoms. The van der Waals surface area contributed by atoms with Gasteiger partial charge in [-0.15, -0.1) is 0 Å². The van der Waals surface area contributed by atoms with Crippen molar-refractivity contribution in [3.63, 3.8) is 0 Å². The van der Waals surface area contributed by atoms with Crippen molar-refractivity contribution >= 4 is 11.6 Å². The first-order chi connectivity index (χ1) is 22.8. The molecule has 5 nitrogen and oxygen atoms in total. The second-order valence-corrected chi connectivity index (χ2v) is 11.6. The van der Waals surface area contributed by atoms with Gasteiger partial charge in [0.2, 0.25) is 6.79 Å². The molecule has 0 saturated heterocycles. The van der Waals surface area contributed by atoms with Gasteiger partial charge in [-0.05, 0) is 53.4 Å². The van der Waals surface area contributed by atoms with E-state index in [0.717, 1.165) is 17.2 Å². The first-order valence-corrected chi connectivity index (χ1v) is 15.7. The minimum atomic E-state index is -4.54. The van der Waals surface area contributed by atoms with E-state index < -0.39 is 11.7 Å². The number of halogens is 4. The number of nitrogens with zero attached hydrogens (tertiary/aromatic N) is 1. The zero-order valence-corrected chi connectivity index (χ0v) is 26.2. The molecule has 0 aliphatic carbocycles. The SMILES string of the molecule is FC(F)(F)c1cccc(CN(CCCOc2cccc(Oc3ccc4c(c3)OCO4)c2)CC(c2ccccc2)c2ccccc2)c1Cl. The number of ether oxygens (including phenoxy) is 4. The maximum atomic E-state index is 13.7. The monoisotopic (exact) mass is 659 g/mol. The summed E-state index contributed by atoms with van der Waals surface area (Å²) in [5.41, 5.74) is 1.84. The fourth-order valence-electron chi connectivity index (χ4n) is 5.61. The van der Waals surface area contributed by atoms with Crippen LogP contribution in [0.25, 0.3) is 0 Å². The van der Waals surface area contributed by atoms with E-state index in [1.807, 2.05) is 66.7 Å². The molecule has 242 valence electrons. The van der Waals surface area contributed by atoms with Crippen LogP contribution in [0.15, 0.2) is 121 Å². The van der Waals surface area contributed by atoms with E-state index in [0.29, 0.717) is 60.4 Å². The van der Waals surface area contributed by atoms with Crippen molar-refractivity contribution < 1.29 is 32.1 Å². The molecule has 0 amide bonds. The molecule has 0 N–H and O–H groups in total. The highest BCUT2D eigenvalue weighted by Gasteiger charge is 2.34. The number of hydrogen-bond acceptors (Lipinski definition) is 5. The minimum Gasteiger partial charge on any atom is -0.493 e. The summed E-state index contributed by atoms with van der Waals surface area (Å²) in [5, 5.41) is -0.267. The zero-order valence-electron chi connectivity index (χ0n) is 25.5. The molecule has 0 fully saturated rings. The number of hydrogen-bond donors (Lipinski definition) is 0. The van der Waals surface area contributed by atoms with Crippen molar-refractivity contribution in [2.24, 2.45) is 0 Å². The third kappa shape index (κ3) is 8.39. The highest BCUT2D eigenvalue weighted by molar-refractivity contribution is 6.32. The van der Waals surface area contributed by atoms with Crippen molar-refractivity contribution in [2.75, 3.05) is 26.5 Å². The fourth-order valence-corrected chi connectivity index (χ4v) is 5.90. The van der Waals surface area contributed by atoms with Crippen molar-refractivity contribution in [1.29, 1.82) is 0 Å². The maximum Gasteiger partial charge on any atom is 0.417 e. The van der Waals surface area contributed by atoms with E-state index in [1.165, 1.54) is 6.07 Å². The second-order valence-electron chi connectivity index (χ2n) is 11.2. The Morgan fingerprint density at radius 1 is 0.723 bits per heavy atom. The fraction of sp³-hybridized carbons (Fsp3) is 0.211. The quantitative estimate of drug-likeness (QED) is 0.118. The molecule has 9 heteroatoms. The predicted octanol–water partition coefficient (Wildman–Crippen LogP) is 9.98. The summed E-state index contributed by atoms with van der Waals surface area (Å²) in [6.07, 6.45) is -3.91. The Labute approximate surface area is 277 Å². The van der Waals surface area contributed by atoms with Gasteiger partial charge >= 0.3 is 6.18 Å². The Hall–Kier alpha value is -4.66. The third-order valence-corrected chi connectivity index (χ3v) is 8.34. The van der Waals surface area contributed by atoms with E-state index >= 15 is 0 Å². The standard InChI is InChI=1S/C38H33ClF3NO4/c39-37-29(14-7-17-34(37)38(40,41)42)24-43(25-33(27-10-3-1-4-11-27)28-12-5-2-6-13-28)20-9-21-44-30-15-8-16-31(22-30)47-32-18-19-35-36(23-32)46-26-45-35/h1-8,10-19,22-23,33H,9,20-21,24-26H2. The third-order valence-electron chi connectivity index (χ3n) is 7.90. The first-order valence-electron chi connectivity index (χ1n) is 15.3. The van der Waals surface area contributed by atoms with Crippen molar-refractivity contribution in [3.8, 4) is 28.7 Å². The summed E-state index contributed by atoms with van der Waals surface area (Å²) in [7, 11) is 0. The summed E-state index contributed by atoms with van der Waals surface area (Å²) in [6.45, 7) is 1.96. The van der Waals surface area contributed by atoms with Crippen LogP contribution in [0, 0.1) is 0 Å². The number of alkyl halides is 3. The normalized spacial score (nSPS) is 12.5. The van der Waals surface area contributed by atoms with Crippen LogP contribution in [0.4, 0.5) is 13.2 Å². The van der Waals surface area contributed by atoms with Crippen LogP contribution in [-0.4, -0.2) is 31.4 Å². The smallest absolute Gasteiger partial charge is 0.417 e. The molecule has 1 aliphatic rings. The van der Waals surface area contributed by atoms with Crippen LogP contribution in [0.3, 0.4) is 0 Å². The lowest BCUT2D eigenvalue weighted by Crippen LogP contribution is -2.31. The van der Waals surface area contributed by atoms with Gasteiger partial charge in [0.25, 0.3) is 0 Å². The van der Waals surface area contributed by atoms with Gasteiger partial charge in [-0.1, -0.05) is 90.5 Å². The van der Waals surface area contributed by atoms with E-state index in [1.54, 1.807) is 18.2 Å². The molecule has 5 aromatic rings. The molecule has 1 heterocycles. The molecule has 0 bridgehead atoms. The number of benzene rings is 5. The average Bonchev–Trinajstić information content (AvgIpc) is 3.55. The van der Waals surface area contributed by atoms with E-state index in [4.69, 9.17) is 30.5 Å². The predicted molar refractivity (Wildman–Crippen MR) is 176 cm³/mol. The molecule has 0 saturated carbocycles. The van der Waals surface area contributed by atoms with E-state index in [2.05, 4.69) is 29.2 Å². The van der Waals surface area contributed by atoms with Gasteiger partial charge in [-0.3, -0.25) is 4.90 Å². The Bertz CT molecular complexity index is 1730. The number of rotatable bonds is 13. The van der Waals surface area contributed by atoms with E-state index in [-0.39, 0.29) is 24.3 Å². The highest BCUT2D eigenvalue weighted by Crippen LogP contribution is 2.38. The van der Waals surface area contributed by atoms with Gasteiger partial charge in [0.05, 0.1) is 17.2 Å². The Morgan fingerprint density at radius 3 is 2.11 bits per heavy atom. The molecule has 1 aliphatic heterocycles. The summed E-state index contributed by atoms with van der Waals surface area (Å²) in [5.74, 6) is 3.16. The van der Waals surface area contributed by atoms with Crippen LogP contribution in [0.2, 0.25) is 5.02 Å². The lowest BCUT2D eigenvalue weighted by Gasteiger charge is -2.29. The van der Waals surface area contributed by atoms with Gasteiger partial charge in [-0.2, -0.15) is 13.2 Å². The van der Waals surface area contributed by atoms with Crippen LogP contribution in [-0.2, 0) is 12.7 Å². The molecule has 0 radical (unpaired) electrons. The van der Waals surface area contributed by atoms with Gasteiger partial charge in [-0.25, -0.2) is 0 Å². The first kappa shape index (κ1) is 32.3. The topological polar surface area (TPSA) is 40.2 Å². The number of fused-ring (bicyclic) bond motifs is 1. The minimum absolute atomic E-state index is 0.00657. The van der Waals surface area contributed by atoms with Gasteiger partial charge in [0.15, 0.2) is 11.5 Å². The summed E-state index contributed by atoms with van der Waals surface area (Å²) < 4.78 is 64.0. The Morgan fingerprint density at radius 2 is 1.38 bits per heavy atom. The Kier molecular flexibility index (Phi) is 10.2. The van der Waals surface area contributed by atoms with Crippen LogP contribution < -0.4 is 18.9 Å². The largest absolute Gasteiger partial charge is 0.493 e. The summed E-state index contributed by atoms with van der Waals surface area (Å²) in [4.78, 5) is 2.15. The molecule has 0 spiro atoms. The van der Waals surface area contributed by atoms with Crippen LogP contribution in [0.1, 0.15) is 34.6 Å². The van der Waals surface area contributed by atoms with Gasteiger partial charge in [0, 0.05) is 37.7 Å². The van der Waals surface area contributed by atoms with Crippen molar-refractivity contribution in [3.05, 3.63) is 149 Å². The zero-order chi connectivity index (χ0) is 32.6. The summed E-state index contributed by atoms with van der Waals surface area (Å²) in [6, 6.07) is 37.1. The lowest BCUT2D eigenvalue weighted by atomic mass is 9.90. The highest BCUT2D eigenvalue weighted by atomic mass is 35.5. The van der Waals surface area contributed by atoms with Gasteiger partial charge < -0.3 is 18.9 Å². The molecule has 6 rings (SSSR count). The van der Waals surface area contributed by atoms with Gasteiger partial charge in [0.1, 0.15) is 17.2 Å². The maximum absolute atomic E-state index is 13.7. The molecular formula is C38H33ClF3NO4.